The van der Waals surface area contributed by atoms with Crippen molar-refractivity contribution in [2.24, 2.45) is 11.3 Å². The number of nitrogens with zero attached hydrogens (tertiary/aromatic N) is 1. The molecular formula is C15H24N2O3. The molecule has 112 valence electrons. The molecule has 20 heavy (non-hydrogen) atoms. The van der Waals surface area contributed by atoms with Gasteiger partial charge in [0.15, 0.2) is 0 Å². The first-order valence-electron chi connectivity index (χ1n) is 7.60. The van der Waals surface area contributed by atoms with Gasteiger partial charge in [-0.1, -0.05) is 20.8 Å². The van der Waals surface area contributed by atoms with Gasteiger partial charge in [0.05, 0.1) is 12.6 Å². The van der Waals surface area contributed by atoms with Gasteiger partial charge in [-0.05, 0) is 30.6 Å². The smallest absolute Gasteiger partial charge is 0.246 e. The topological polar surface area (TPSA) is 58.6 Å². The molecule has 2 amide bonds. The first-order chi connectivity index (χ1) is 9.39. The van der Waals surface area contributed by atoms with Crippen molar-refractivity contribution in [1.29, 1.82) is 0 Å². The van der Waals surface area contributed by atoms with E-state index in [1.807, 2.05) is 25.7 Å². The Labute approximate surface area is 120 Å². The fraction of sp³-hybridized carbons (Fsp3) is 0.867. The van der Waals surface area contributed by atoms with E-state index in [1.54, 1.807) is 0 Å². The molecule has 5 heteroatoms. The van der Waals surface area contributed by atoms with E-state index in [1.165, 1.54) is 0 Å². The summed E-state index contributed by atoms with van der Waals surface area (Å²) in [6.45, 7) is 7.25. The van der Waals surface area contributed by atoms with Crippen LogP contribution in [0, 0.1) is 11.3 Å². The summed E-state index contributed by atoms with van der Waals surface area (Å²) in [6, 6.07) is -0.623. The second-order valence-corrected chi connectivity index (χ2v) is 7.35. The number of nitrogens with one attached hydrogen (secondary N) is 1. The van der Waals surface area contributed by atoms with Crippen LogP contribution in [0.5, 0.6) is 0 Å². The van der Waals surface area contributed by atoms with Gasteiger partial charge >= 0.3 is 0 Å². The van der Waals surface area contributed by atoms with Crippen LogP contribution < -0.4 is 5.32 Å². The normalized spacial score (nSPS) is 35.4. The molecule has 0 aromatic rings. The van der Waals surface area contributed by atoms with Crippen molar-refractivity contribution in [2.45, 2.75) is 58.2 Å². The van der Waals surface area contributed by atoms with Crippen LogP contribution in [-0.4, -0.2) is 48.1 Å². The van der Waals surface area contributed by atoms with E-state index in [0.29, 0.717) is 19.1 Å². The molecule has 0 aromatic heterocycles. The number of piperazine rings is 1. The van der Waals surface area contributed by atoms with Crippen molar-refractivity contribution in [1.82, 2.24) is 10.2 Å². The van der Waals surface area contributed by atoms with Gasteiger partial charge in [-0.3, -0.25) is 9.59 Å². The average Bonchev–Trinajstić information content (AvgIpc) is 3.04. The van der Waals surface area contributed by atoms with E-state index in [9.17, 15) is 9.59 Å². The van der Waals surface area contributed by atoms with Crippen molar-refractivity contribution < 1.29 is 14.3 Å². The predicted molar refractivity (Wildman–Crippen MR) is 74.0 cm³/mol. The van der Waals surface area contributed by atoms with Gasteiger partial charge in [0.25, 0.3) is 0 Å². The Bertz CT molecular complexity index is 419. The molecule has 2 heterocycles. The van der Waals surface area contributed by atoms with E-state index in [2.05, 4.69) is 5.32 Å². The van der Waals surface area contributed by atoms with Gasteiger partial charge in [0.1, 0.15) is 12.1 Å². The van der Waals surface area contributed by atoms with Crippen molar-refractivity contribution in [3.05, 3.63) is 0 Å². The van der Waals surface area contributed by atoms with Crippen LogP contribution >= 0.6 is 0 Å². The van der Waals surface area contributed by atoms with Gasteiger partial charge < -0.3 is 15.0 Å². The van der Waals surface area contributed by atoms with Gasteiger partial charge in [0.2, 0.25) is 11.8 Å². The highest BCUT2D eigenvalue weighted by atomic mass is 16.5. The predicted octanol–water partition coefficient (Wildman–Crippen LogP) is 0.927. The molecule has 0 bridgehead atoms. The lowest BCUT2D eigenvalue weighted by Crippen LogP contribution is -2.69. The molecule has 0 spiro atoms. The summed E-state index contributed by atoms with van der Waals surface area (Å²) >= 11 is 0. The lowest BCUT2D eigenvalue weighted by molar-refractivity contribution is -0.156. The van der Waals surface area contributed by atoms with E-state index in [4.69, 9.17) is 4.74 Å². The first kappa shape index (κ1) is 13.9. The second kappa shape index (κ2) is 4.72. The quantitative estimate of drug-likeness (QED) is 0.818. The van der Waals surface area contributed by atoms with Crippen LogP contribution in [0.15, 0.2) is 0 Å². The van der Waals surface area contributed by atoms with E-state index in [-0.39, 0.29) is 29.3 Å². The number of carbonyl (C=O) groups is 2. The van der Waals surface area contributed by atoms with Crippen molar-refractivity contribution in [3.8, 4) is 0 Å². The van der Waals surface area contributed by atoms with E-state index >= 15 is 0 Å². The molecule has 0 radical (unpaired) electrons. The lowest BCUT2D eigenvalue weighted by Gasteiger charge is -2.45. The molecule has 3 rings (SSSR count). The number of rotatable bonds is 2. The minimum Gasteiger partial charge on any atom is -0.379 e. The summed E-state index contributed by atoms with van der Waals surface area (Å²) in [5.41, 5.74) is -0.265. The maximum absolute atomic E-state index is 12.9. The summed E-state index contributed by atoms with van der Waals surface area (Å²) in [5.74, 6) is 0.448. The van der Waals surface area contributed by atoms with Gasteiger partial charge in [-0.2, -0.15) is 0 Å². The molecular weight excluding hydrogens is 256 g/mol. The third-order valence-corrected chi connectivity index (χ3v) is 4.59. The number of hydrogen-bond donors (Lipinski definition) is 1. The highest BCUT2D eigenvalue weighted by Crippen LogP contribution is 2.40. The van der Waals surface area contributed by atoms with Crippen LogP contribution in [0.1, 0.15) is 40.0 Å². The summed E-state index contributed by atoms with van der Waals surface area (Å²) in [6.07, 6.45) is 2.95. The molecule has 5 nitrogen and oxygen atoms in total. The summed E-state index contributed by atoms with van der Waals surface area (Å²) in [5, 5.41) is 2.96. The molecule has 3 unspecified atom stereocenters. The Morgan fingerprint density at radius 2 is 1.90 bits per heavy atom. The van der Waals surface area contributed by atoms with Crippen LogP contribution in [0.25, 0.3) is 0 Å². The lowest BCUT2D eigenvalue weighted by atomic mass is 9.83. The van der Waals surface area contributed by atoms with E-state index < -0.39 is 6.04 Å². The summed E-state index contributed by atoms with van der Waals surface area (Å²) < 4.78 is 5.44. The summed E-state index contributed by atoms with van der Waals surface area (Å²) in [4.78, 5) is 27.3. The molecule has 1 N–H and O–H groups in total. The maximum atomic E-state index is 12.9. The van der Waals surface area contributed by atoms with Crippen LogP contribution in [0.3, 0.4) is 0 Å². The average molecular weight is 280 g/mol. The Balaban J connectivity index is 1.90. The van der Waals surface area contributed by atoms with Crippen molar-refractivity contribution >= 4 is 11.8 Å². The maximum Gasteiger partial charge on any atom is 0.246 e. The van der Waals surface area contributed by atoms with Gasteiger partial charge in [-0.25, -0.2) is 0 Å². The fourth-order valence-corrected chi connectivity index (χ4v) is 3.29. The third kappa shape index (κ3) is 2.32. The number of amides is 2. The Hall–Kier alpha value is -1.10. The minimum absolute atomic E-state index is 0.0268. The summed E-state index contributed by atoms with van der Waals surface area (Å²) in [7, 11) is 0. The van der Waals surface area contributed by atoms with Crippen LogP contribution in [0.2, 0.25) is 0 Å². The molecule has 2 saturated heterocycles. The minimum atomic E-state index is -0.425. The number of carbonyl (C=O) groups excluding carboxylic acids is 2. The van der Waals surface area contributed by atoms with Gasteiger partial charge in [-0.15, -0.1) is 0 Å². The molecule has 0 aromatic carbocycles. The van der Waals surface area contributed by atoms with Crippen LogP contribution in [0.4, 0.5) is 0 Å². The third-order valence-electron chi connectivity index (χ3n) is 4.59. The Morgan fingerprint density at radius 1 is 1.20 bits per heavy atom. The number of ether oxygens (including phenoxy) is 1. The zero-order valence-electron chi connectivity index (χ0n) is 12.5. The molecule has 2 aliphatic heterocycles. The highest BCUT2D eigenvalue weighted by Gasteiger charge is 2.52. The zero-order valence-corrected chi connectivity index (χ0v) is 12.5. The second-order valence-electron chi connectivity index (χ2n) is 7.35. The van der Waals surface area contributed by atoms with Crippen molar-refractivity contribution in [3.63, 3.8) is 0 Å². The highest BCUT2D eigenvalue weighted by molar-refractivity contribution is 5.98. The SMILES string of the molecule is CC(C)(C)C1NC(=O)C(C2CC2)N(C2CCOC2)C1=O. The number of hydrogen-bond acceptors (Lipinski definition) is 3. The first-order valence-corrected chi connectivity index (χ1v) is 7.60. The van der Waals surface area contributed by atoms with Crippen LogP contribution in [-0.2, 0) is 14.3 Å². The standard InChI is InChI=1S/C15H24N2O3/c1-15(2,3)12-14(19)17(10-6-7-20-8-10)11(9-4-5-9)13(18)16-12/h9-12H,4-8H2,1-3H3,(H,16,18). The van der Waals surface area contributed by atoms with E-state index in [0.717, 1.165) is 19.3 Å². The molecule has 1 aliphatic carbocycles. The molecule has 1 saturated carbocycles. The monoisotopic (exact) mass is 280 g/mol. The Morgan fingerprint density at radius 3 is 2.40 bits per heavy atom. The molecule has 3 atom stereocenters. The zero-order chi connectivity index (χ0) is 14.5. The molecule has 3 fully saturated rings. The van der Waals surface area contributed by atoms with Gasteiger partial charge in [0, 0.05) is 6.61 Å². The fourth-order valence-electron chi connectivity index (χ4n) is 3.29. The molecule has 3 aliphatic rings. The Kier molecular flexibility index (Phi) is 3.27. The largest absolute Gasteiger partial charge is 0.379 e. The van der Waals surface area contributed by atoms with Crippen molar-refractivity contribution in [2.75, 3.05) is 13.2 Å².